The van der Waals surface area contributed by atoms with Crippen molar-refractivity contribution in [2.24, 2.45) is 16.0 Å². The molecule has 1 aromatic carbocycles. The van der Waals surface area contributed by atoms with Crippen LogP contribution in [0.15, 0.2) is 40.6 Å². The second-order valence-corrected chi connectivity index (χ2v) is 4.17. The van der Waals surface area contributed by atoms with Gasteiger partial charge in [-0.1, -0.05) is 30.3 Å². The highest BCUT2D eigenvalue weighted by Crippen LogP contribution is 2.40. The summed E-state index contributed by atoms with van der Waals surface area (Å²) in [7, 11) is 0. The summed E-state index contributed by atoms with van der Waals surface area (Å²) >= 11 is 0. The van der Waals surface area contributed by atoms with Crippen molar-refractivity contribution in [3.63, 3.8) is 0 Å². The van der Waals surface area contributed by atoms with Crippen LogP contribution in [-0.4, -0.2) is 16.3 Å². The third-order valence-electron chi connectivity index (χ3n) is 2.96. The van der Waals surface area contributed by atoms with E-state index in [1.165, 1.54) is 0 Å². The van der Waals surface area contributed by atoms with Crippen molar-refractivity contribution in [2.45, 2.75) is 12.6 Å². The molecule has 1 aromatic heterocycles. The topological polar surface area (TPSA) is 94.6 Å². The van der Waals surface area contributed by atoms with Gasteiger partial charge >= 0.3 is 0 Å². The second-order valence-electron chi connectivity index (χ2n) is 4.17. The van der Waals surface area contributed by atoms with Crippen molar-refractivity contribution in [1.29, 1.82) is 0 Å². The largest absolute Gasteiger partial charge is 0.394 e. The van der Waals surface area contributed by atoms with E-state index < -0.39 is 0 Å². The fourth-order valence-electron chi connectivity index (χ4n) is 2.05. The number of nitrogen functional groups attached to an aromatic ring is 1. The number of fused-ring (bicyclic) bond motifs is 1. The predicted molar refractivity (Wildman–Crippen MR) is 69.3 cm³/mol. The molecule has 0 spiro atoms. The average Bonchev–Trinajstić information content (AvgIpc) is 2.93. The van der Waals surface area contributed by atoms with E-state index in [-0.39, 0.29) is 6.17 Å². The molecule has 1 atom stereocenters. The Balaban J connectivity index is 2.05. The smallest absolute Gasteiger partial charge is 0.198 e. The normalized spacial score (nSPS) is 17.1. The predicted octanol–water partition coefficient (Wildman–Crippen LogP) is 2.08. The molecule has 92 valence electrons. The Morgan fingerprint density at radius 3 is 2.72 bits per heavy atom. The Bertz CT molecular complexity index is 586. The van der Waals surface area contributed by atoms with E-state index in [4.69, 9.17) is 11.5 Å². The van der Waals surface area contributed by atoms with Crippen LogP contribution >= 0.6 is 0 Å². The van der Waals surface area contributed by atoms with E-state index in [1.54, 1.807) is 4.68 Å². The minimum absolute atomic E-state index is 0.121. The minimum Gasteiger partial charge on any atom is -0.394 e. The molecule has 0 radical (unpaired) electrons. The third-order valence-corrected chi connectivity index (χ3v) is 2.96. The molecule has 0 fully saturated rings. The summed E-state index contributed by atoms with van der Waals surface area (Å²) in [5, 5.41) is 12.7. The highest BCUT2D eigenvalue weighted by Gasteiger charge is 2.26. The molecule has 18 heavy (non-hydrogen) atoms. The number of hydrogen-bond donors (Lipinski definition) is 2. The van der Waals surface area contributed by atoms with Gasteiger partial charge in [-0.05, 0) is 6.54 Å². The lowest BCUT2D eigenvalue weighted by Gasteiger charge is -2.05. The lowest BCUT2D eigenvalue weighted by Crippen LogP contribution is -2.10. The molecular formula is C12H14N6. The van der Waals surface area contributed by atoms with Crippen LogP contribution in [0.4, 0.5) is 11.5 Å². The Morgan fingerprint density at radius 2 is 2.00 bits per heavy atom. The van der Waals surface area contributed by atoms with Crippen molar-refractivity contribution in [2.75, 3.05) is 12.3 Å². The van der Waals surface area contributed by atoms with Crippen molar-refractivity contribution in [3.8, 4) is 11.3 Å². The zero-order valence-electron chi connectivity index (χ0n) is 9.82. The molecule has 0 saturated heterocycles. The van der Waals surface area contributed by atoms with Crippen LogP contribution in [0.2, 0.25) is 0 Å². The number of azo groups is 1. The number of aromatic nitrogens is 2. The Labute approximate surface area is 104 Å². The SMILES string of the molecule is NCCC1N=Nc2c(N)c(-c3ccccc3)nn21. The molecule has 1 aliphatic heterocycles. The molecule has 0 aliphatic carbocycles. The van der Waals surface area contributed by atoms with Gasteiger partial charge in [-0.3, -0.25) is 0 Å². The molecule has 2 heterocycles. The number of nitrogens with zero attached hydrogens (tertiary/aromatic N) is 4. The maximum absolute atomic E-state index is 6.08. The van der Waals surface area contributed by atoms with Gasteiger partial charge in [-0.25, -0.2) is 4.68 Å². The second kappa shape index (κ2) is 4.23. The molecular weight excluding hydrogens is 228 g/mol. The summed E-state index contributed by atoms with van der Waals surface area (Å²) in [6.45, 7) is 0.545. The first-order valence-corrected chi connectivity index (χ1v) is 5.85. The minimum atomic E-state index is -0.121. The summed E-state index contributed by atoms with van der Waals surface area (Å²) in [5.41, 5.74) is 13.9. The molecule has 4 N–H and O–H groups in total. The number of nitrogens with two attached hydrogens (primary N) is 2. The first kappa shape index (κ1) is 10.9. The van der Waals surface area contributed by atoms with E-state index in [1.807, 2.05) is 30.3 Å². The van der Waals surface area contributed by atoms with Gasteiger partial charge in [0.1, 0.15) is 11.4 Å². The fraction of sp³-hybridized carbons (Fsp3) is 0.250. The van der Waals surface area contributed by atoms with Gasteiger partial charge in [0, 0.05) is 12.0 Å². The number of benzene rings is 1. The van der Waals surface area contributed by atoms with Crippen molar-refractivity contribution in [1.82, 2.24) is 9.78 Å². The monoisotopic (exact) mass is 242 g/mol. The van der Waals surface area contributed by atoms with Gasteiger partial charge in [0.2, 0.25) is 0 Å². The van der Waals surface area contributed by atoms with E-state index >= 15 is 0 Å². The quantitative estimate of drug-likeness (QED) is 0.862. The van der Waals surface area contributed by atoms with E-state index in [0.717, 1.165) is 11.3 Å². The zero-order valence-corrected chi connectivity index (χ0v) is 9.82. The van der Waals surface area contributed by atoms with E-state index in [9.17, 15) is 0 Å². The van der Waals surface area contributed by atoms with Crippen molar-refractivity contribution < 1.29 is 0 Å². The molecule has 6 nitrogen and oxygen atoms in total. The van der Waals surface area contributed by atoms with Crippen molar-refractivity contribution >= 4 is 11.5 Å². The van der Waals surface area contributed by atoms with Crippen LogP contribution in [0.3, 0.4) is 0 Å². The van der Waals surface area contributed by atoms with Gasteiger partial charge in [-0.15, -0.1) is 5.11 Å². The highest BCUT2D eigenvalue weighted by molar-refractivity contribution is 5.80. The number of hydrogen-bond acceptors (Lipinski definition) is 5. The summed E-state index contributed by atoms with van der Waals surface area (Å²) in [6.07, 6.45) is 0.594. The zero-order chi connectivity index (χ0) is 12.5. The first-order valence-electron chi connectivity index (χ1n) is 5.85. The van der Waals surface area contributed by atoms with Crippen LogP contribution in [-0.2, 0) is 0 Å². The molecule has 0 amide bonds. The Morgan fingerprint density at radius 1 is 1.22 bits per heavy atom. The van der Waals surface area contributed by atoms with Crippen LogP contribution in [0.25, 0.3) is 11.3 Å². The highest BCUT2D eigenvalue weighted by atomic mass is 15.5. The summed E-state index contributed by atoms with van der Waals surface area (Å²) in [4.78, 5) is 0. The molecule has 2 aromatic rings. The van der Waals surface area contributed by atoms with Crippen molar-refractivity contribution in [3.05, 3.63) is 30.3 Å². The average molecular weight is 242 g/mol. The molecule has 0 bridgehead atoms. The first-order chi connectivity index (χ1) is 8.81. The third kappa shape index (κ3) is 1.58. The van der Waals surface area contributed by atoms with Crippen LogP contribution < -0.4 is 11.5 Å². The van der Waals surface area contributed by atoms with Crippen LogP contribution in [0.5, 0.6) is 0 Å². The van der Waals surface area contributed by atoms with Gasteiger partial charge in [-0.2, -0.15) is 10.2 Å². The number of anilines is 1. The van der Waals surface area contributed by atoms with Crippen LogP contribution in [0.1, 0.15) is 12.6 Å². The molecule has 0 saturated carbocycles. The molecule has 6 heteroatoms. The molecule has 3 rings (SSSR count). The van der Waals surface area contributed by atoms with E-state index in [2.05, 4.69) is 15.3 Å². The Kier molecular flexibility index (Phi) is 2.56. The summed E-state index contributed by atoms with van der Waals surface area (Å²) in [5.74, 6) is 0.632. The van der Waals surface area contributed by atoms with E-state index in [0.29, 0.717) is 24.5 Å². The van der Waals surface area contributed by atoms with Gasteiger partial charge in [0.05, 0.1) is 0 Å². The van der Waals surface area contributed by atoms with Gasteiger partial charge in [0.25, 0.3) is 0 Å². The van der Waals surface area contributed by atoms with Gasteiger partial charge in [0.15, 0.2) is 12.0 Å². The maximum atomic E-state index is 6.08. The molecule has 1 unspecified atom stereocenters. The maximum Gasteiger partial charge on any atom is 0.198 e. The molecule has 1 aliphatic rings. The lowest BCUT2D eigenvalue weighted by molar-refractivity contribution is 0.468. The lowest BCUT2D eigenvalue weighted by atomic mass is 10.1. The standard InChI is InChI=1S/C12H14N6/c13-7-6-9-15-16-12-10(14)11(17-18(9)12)8-4-2-1-3-5-8/h1-5,9H,6-7,13-14H2. The Hall–Kier alpha value is -2.21. The van der Waals surface area contributed by atoms with Crippen LogP contribution in [0, 0.1) is 0 Å². The number of rotatable bonds is 3. The summed E-state index contributed by atoms with van der Waals surface area (Å²) < 4.78 is 1.75. The van der Waals surface area contributed by atoms with Gasteiger partial charge < -0.3 is 11.5 Å². The summed E-state index contributed by atoms with van der Waals surface area (Å²) in [6, 6.07) is 9.82. The fourth-order valence-corrected chi connectivity index (χ4v) is 2.05.